The molecule has 0 spiro atoms. The van der Waals surface area contributed by atoms with E-state index in [1.54, 1.807) is 0 Å². The first-order valence-corrected chi connectivity index (χ1v) is 6.29. The molecule has 0 aliphatic heterocycles. The standard InChI is InChI=1S/C14H24N2O/c1-5-16(11-14(4,17)12(2)3)10-13-6-8-15-9-7-13/h6-9,12,17H,5,10-11H2,1-4H3. The Morgan fingerprint density at radius 3 is 2.41 bits per heavy atom. The van der Waals surface area contributed by atoms with Crippen LogP contribution in [0.25, 0.3) is 0 Å². The predicted octanol–water partition coefficient (Wildman–Crippen LogP) is 2.31. The van der Waals surface area contributed by atoms with E-state index in [0.29, 0.717) is 6.54 Å². The second kappa shape index (κ2) is 6.12. The molecule has 1 aromatic rings. The number of hydrogen-bond acceptors (Lipinski definition) is 3. The highest BCUT2D eigenvalue weighted by atomic mass is 16.3. The maximum Gasteiger partial charge on any atom is 0.0768 e. The van der Waals surface area contributed by atoms with Gasteiger partial charge in [0.05, 0.1) is 5.60 Å². The Balaban J connectivity index is 2.61. The first-order valence-electron chi connectivity index (χ1n) is 6.29. The highest BCUT2D eigenvalue weighted by Gasteiger charge is 2.27. The number of rotatable bonds is 6. The minimum Gasteiger partial charge on any atom is -0.389 e. The molecule has 0 bridgehead atoms. The maximum atomic E-state index is 10.3. The Morgan fingerprint density at radius 1 is 1.35 bits per heavy atom. The molecule has 0 fully saturated rings. The quantitative estimate of drug-likeness (QED) is 0.823. The summed E-state index contributed by atoms with van der Waals surface area (Å²) >= 11 is 0. The van der Waals surface area contributed by atoms with E-state index in [4.69, 9.17) is 0 Å². The van der Waals surface area contributed by atoms with Crippen molar-refractivity contribution in [1.82, 2.24) is 9.88 Å². The Hall–Kier alpha value is -0.930. The average molecular weight is 236 g/mol. The molecule has 1 heterocycles. The van der Waals surface area contributed by atoms with Crippen LogP contribution in [0.4, 0.5) is 0 Å². The van der Waals surface area contributed by atoms with Crippen LogP contribution in [0.5, 0.6) is 0 Å². The number of likely N-dealkylation sites (N-methyl/N-ethyl adjacent to an activating group) is 1. The van der Waals surface area contributed by atoms with Gasteiger partial charge < -0.3 is 5.11 Å². The number of aliphatic hydroxyl groups is 1. The Labute approximate surface area is 104 Å². The molecule has 3 nitrogen and oxygen atoms in total. The first kappa shape index (κ1) is 14.1. The molecule has 1 N–H and O–H groups in total. The van der Waals surface area contributed by atoms with E-state index in [1.165, 1.54) is 5.56 Å². The summed E-state index contributed by atoms with van der Waals surface area (Å²) in [5.74, 6) is 0.258. The lowest BCUT2D eigenvalue weighted by Crippen LogP contribution is -2.44. The normalized spacial score (nSPS) is 15.2. The molecule has 0 saturated heterocycles. The van der Waals surface area contributed by atoms with Crippen molar-refractivity contribution in [3.8, 4) is 0 Å². The van der Waals surface area contributed by atoms with E-state index >= 15 is 0 Å². The van der Waals surface area contributed by atoms with Gasteiger partial charge in [0.25, 0.3) is 0 Å². The van der Waals surface area contributed by atoms with Crippen LogP contribution in [0.2, 0.25) is 0 Å². The molecule has 96 valence electrons. The lowest BCUT2D eigenvalue weighted by atomic mass is 9.92. The zero-order valence-corrected chi connectivity index (χ0v) is 11.3. The fraction of sp³-hybridized carbons (Fsp3) is 0.643. The minimum atomic E-state index is -0.636. The molecule has 1 atom stereocenters. The second-order valence-corrected chi connectivity index (χ2v) is 5.17. The summed E-state index contributed by atoms with van der Waals surface area (Å²) in [5.41, 5.74) is 0.602. The second-order valence-electron chi connectivity index (χ2n) is 5.17. The van der Waals surface area contributed by atoms with E-state index in [-0.39, 0.29) is 5.92 Å². The summed E-state index contributed by atoms with van der Waals surface area (Å²) in [6.45, 7) is 10.6. The Morgan fingerprint density at radius 2 is 1.94 bits per heavy atom. The minimum absolute atomic E-state index is 0.258. The topological polar surface area (TPSA) is 36.4 Å². The molecule has 0 saturated carbocycles. The van der Waals surface area contributed by atoms with Gasteiger partial charge in [-0.25, -0.2) is 0 Å². The van der Waals surface area contributed by atoms with Crippen molar-refractivity contribution in [3.63, 3.8) is 0 Å². The third-order valence-corrected chi connectivity index (χ3v) is 3.39. The van der Waals surface area contributed by atoms with Gasteiger partial charge in [-0.2, -0.15) is 0 Å². The highest BCUT2D eigenvalue weighted by Crippen LogP contribution is 2.18. The number of nitrogens with zero attached hydrogens (tertiary/aromatic N) is 2. The summed E-state index contributed by atoms with van der Waals surface area (Å²) in [5, 5.41) is 10.3. The van der Waals surface area contributed by atoms with Crippen molar-refractivity contribution in [2.45, 2.75) is 39.8 Å². The van der Waals surface area contributed by atoms with Gasteiger partial charge in [0, 0.05) is 25.5 Å². The third-order valence-electron chi connectivity index (χ3n) is 3.39. The van der Waals surface area contributed by atoms with Crippen LogP contribution in [0.15, 0.2) is 24.5 Å². The molecule has 1 rings (SSSR count). The maximum absolute atomic E-state index is 10.3. The van der Waals surface area contributed by atoms with E-state index in [9.17, 15) is 5.11 Å². The van der Waals surface area contributed by atoms with Crippen LogP contribution in [0.1, 0.15) is 33.3 Å². The molecule has 3 heteroatoms. The zero-order valence-electron chi connectivity index (χ0n) is 11.3. The van der Waals surface area contributed by atoms with Gasteiger partial charge in [0.1, 0.15) is 0 Å². The van der Waals surface area contributed by atoms with Crippen molar-refractivity contribution < 1.29 is 5.11 Å². The molecule has 1 aromatic heterocycles. The summed E-state index contributed by atoms with van der Waals surface area (Å²) < 4.78 is 0. The summed E-state index contributed by atoms with van der Waals surface area (Å²) in [4.78, 5) is 6.27. The average Bonchev–Trinajstić information content (AvgIpc) is 2.29. The van der Waals surface area contributed by atoms with Crippen molar-refractivity contribution in [1.29, 1.82) is 0 Å². The SMILES string of the molecule is CCN(Cc1ccncc1)CC(C)(O)C(C)C. The van der Waals surface area contributed by atoms with Gasteiger partial charge in [-0.3, -0.25) is 9.88 Å². The lowest BCUT2D eigenvalue weighted by molar-refractivity contribution is -0.0196. The van der Waals surface area contributed by atoms with Gasteiger partial charge in [0.2, 0.25) is 0 Å². The van der Waals surface area contributed by atoms with Gasteiger partial charge in [-0.15, -0.1) is 0 Å². The van der Waals surface area contributed by atoms with Crippen molar-refractivity contribution in [2.75, 3.05) is 13.1 Å². The Bertz CT molecular complexity index is 322. The number of hydrogen-bond donors (Lipinski definition) is 1. The van der Waals surface area contributed by atoms with Crippen LogP contribution in [0, 0.1) is 5.92 Å². The summed E-state index contributed by atoms with van der Waals surface area (Å²) in [7, 11) is 0. The monoisotopic (exact) mass is 236 g/mol. The molecular formula is C14H24N2O. The van der Waals surface area contributed by atoms with Crippen LogP contribution >= 0.6 is 0 Å². The van der Waals surface area contributed by atoms with Gasteiger partial charge in [-0.05, 0) is 37.1 Å². The van der Waals surface area contributed by atoms with E-state index in [1.807, 2.05) is 31.5 Å². The van der Waals surface area contributed by atoms with Crippen molar-refractivity contribution in [3.05, 3.63) is 30.1 Å². The third kappa shape index (κ3) is 4.44. The van der Waals surface area contributed by atoms with Gasteiger partial charge in [-0.1, -0.05) is 20.8 Å². The predicted molar refractivity (Wildman–Crippen MR) is 70.6 cm³/mol. The fourth-order valence-corrected chi connectivity index (χ4v) is 1.66. The molecule has 0 radical (unpaired) electrons. The fourth-order valence-electron chi connectivity index (χ4n) is 1.66. The number of aromatic nitrogens is 1. The largest absolute Gasteiger partial charge is 0.389 e. The first-order chi connectivity index (χ1) is 7.95. The molecule has 0 aromatic carbocycles. The molecule has 0 aliphatic rings. The van der Waals surface area contributed by atoms with Crippen LogP contribution in [-0.4, -0.2) is 33.7 Å². The molecule has 1 unspecified atom stereocenters. The van der Waals surface area contributed by atoms with Gasteiger partial charge in [0.15, 0.2) is 0 Å². The summed E-state index contributed by atoms with van der Waals surface area (Å²) in [6, 6.07) is 4.04. The van der Waals surface area contributed by atoms with E-state index in [2.05, 4.69) is 30.7 Å². The van der Waals surface area contributed by atoms with Crippen LogP contribution in [-0.2, 0) is 6.54 Å². The smallest absolute Gasteiger partial charge is 0.0768 e. The Kier molecular flexibility index (Phi) is 5.09. The van der Waals surface area contributed by atoms with Crippen molar-refractivity contribution >= 4 is 0 Å². The zero-order chi connectivity index (χ0) is 12.9. The molecule has 0 aliphatic carbocycles. The van der Waals surface area contributed by atoms with Gasteiger partial charge >= 0.3 is 0 Å². The molecule has 0 amide bonds. The van der Waals surface area contributed by atoms with Crippen molar-refractivity contribution in [2.24, 2.45) is 5.92 Å². The van der Waals surface area contributed by atoms with E-state index in [0.717, 1.165) is 13.1 Å². The van der Waals surface area contributed by atoms with Crippen LogP contribution < -0.4 is 0 Å². The lowest BCUT2D eigenvalue weighted by Gasteiger charge is -2.34. The summed E-state index contributed by atoms with van der Waals surface area (Å²) in [6.07, 6.45) is 3.62. The number of pyridine rings is 1. The van der Waals surface area contributed by atoms with Crippen LogP contribution in [0.3, 0.4) is 0 Å². The molecule has 17 heavy (non-hydrogen) atoms. The highest BCUT2D eigenvalue weighted by molar-refractivity contribution is 5.09. The molecular weight excluding hydrogens is 212 g/mol. The van der Waals surface area contributed by atoms with E-state index < -0.39 is 5.60 Å².